The fourth-order valence-electron chi connectivity index (χ4n) is 4.27. The number of nitrogens with one attached hydrogen (secondary N) is 1. The van der Waals surface area contributed by atoms with Crippen molar-refractivity contribution >= 4 is 11.8 Å². The minimum absolute atomic E-state index is 0.0101. The normalized spacial score (nSPS) is 22.9. The molecule has 33 heavy (non-hydrogen) atoms. The molecule has 1 aliphatic heterocycles. The Balaban J connectivity index is 1.45. The molecule has 3 N–H and O–H groups in total. The Kier molecular flexibility index (Phi) is 6.48. The predicted molar refractivity (Wildman–Crippen MR) is 116 cm³/mol. The monoisotopic (exact) mass is 460 g/mol. The Morgan fingerprint density at radius 1 is 1.27 bits per heavy atom. The molecule has 2 aromatic heterocycles. The molecule has 1 aliphatic carbocycles. The van der Waals surface area contributed by atoms with E-state index in [0.717, 1.165) is 18.5 Å². The number of rotatable bonds is 8. The topological polar surface area (TPSA) is 151 Å². The summed E-state index contributed by atoms with van der Waals surface area (Å²) in [5, 5.41) is 39.1. The molecule has 3 heterocycles. The number of carbonyl (C=O) groups is 2. The highest BCUT2D eigenvalue weighted by atomic mass is 16.3. The van der Waals surface area contributed by atoms with Gasteiger partial charge >= 0.3 is 0 Å². The van der Waals surface area contributed by atoms with Gasteiger partial charge in [-0.3, -0.25) is 9.59 Å². The molecule has 2 amide bonds. The largest absolute Gasteiger partial charge is 0.391 e. The third-order valence-electron chi connectivity index (χ3n) is 6.09. The lowest BCUT2D eigenvalue weighted by molar-refractivity contribution is -0.144. The summed E-state index contributed by atoms with van der Waals surface area (Å²) in [6, 6.07) is -1.50. The molecule has 2 aromatic rings. The number of β-amino-alcohol motifs (C(OH)–C–C–N with tert-alkyl or cyclic N) is 1. The smallest absolute Gasteiger partial charge is 0.248 e. The van der Waals surface area contributed by atoms with Gasteiger partial charge in [-0.05, 0) is 18.3 Å². The lowest BCUT2D eigenvalue weighted by Crippen LogP contribution is -2.51. The zero-order chi connectivity index (χ0) is 23.8. The molecule has 2 aliphatic rings. The van der Waals surface area contributed by atoms with E-state index in [4.69, 9.17) is 0 Å². The van der Waals surface area contributed by atoms with Gasteiger partial charge in [0.15, 0.2) is 0 Å². The summed E-state index contributed by atoms with van der Waals surface area (Å²) in [4.78, 5) is 28.0. The Morgan fingerprint density at radius 2 is 2.03 bits per heavy atom. The maximum Gasteiger partial charge on any atom is 0.248 e. The predicted octanol–water partition coefficient (Wildman–Crippen LogP) is -0.527. The van der Waals surface area contributed by atoms with Crippen molar-refractivity contribution in [1.29, 1.82) is 0 Å². The van der Waals surface area contributed by atoms with Gasteiger partial charge in [0, 0.05) is 37.8 Å². The third kappa shape index (κ3) is 5.38. The Bertz CT molecular complexity index is 965. The standard InChI is InChI=1S/C21H32N8O4/c1-21(2,3)18(29-12-16(24-26-29)13-4-5-13)20(33)28-11-14(30)8-17(28)19(32)22-9-15(31)10-27-7-6-23-25-27/h6-7,12-15,17-18,30-31H,4-5,8-11H2,1-3H3,(H,22,32). The van der Waals surface area contributed by atoms with E-state index >= 15 is 0 Å². The summed E-state index contributed by atoms with van der Waals surface area (Å²) >= 11 is 0. The second-order valence-corrected chi connectivity index (χ2v) is 10.1. The van der Waals surface area contributed by atoms with Gasteiger partial charge in [-0.1, -0.05) is 31.2 Å². The number of amides is 2. The van der Waals surface area contributed by atoms with E-state index in [-0.39, 0.29) is 32.0 Å². The summed E-state index contributed by atoms with van der Waals surface area (Å²) in [6.07, 6.45) is 5.57. The van der Waals surface area contributed by atoms with E-state index in [1.165, 1.54) is 15.8 Å². The van der Waals surface area contributed by atoms with E-state index in [1.54, 1.807) is 10.9 Å². The van der Waals surface area contributed by atoms with Crippen molar-refractivity contribution in [3.05, 3.63) is 24.3 Å². The van der Waals surface area contributed by atoms with E-state index in [9.17, 15) is 19.8 Å². The molecular weight excluding hydrogens is 428 g/mol. The molecule has 12 nitrogen and oxygen atoms in total. The molecule has 1 saturated carbocycles. The number of carbonyl (C=O) groups excluding carboxylic acids is 2. The molecule has 1 saturated heterocycles. The first-order valence-corrected chi connectivity index (χ1v) is 11.3. The van der Waals surface area contributed by atoms with Crippen LogP contribution in [0.4, 0.5) is 0 Å². The highest BCUT2D eigenvalue weighted by Gasteiger charge is 2.45. The van der Waals surface area contributed by atoms with E-state index in [1.807, 2.05) is 27.0 Å². The molecule has 0 spiro atoms. The van der Waals surface area contributed by atoms with E-state index in [0.29, 0.717) is 5.92 Å². The number of aliphatic hydroxyl groups is 2. The zero-order valence-electron chi connectivity index (χ0n) is 19.2. The van der Waals surface area contributed by atoms with Gasteiger partial charge in [0.25, 0.3) is 0 Å². The maximum absolute atomic E-state index is 13.7. The Morgan fingerprint density at radius 3 is 2.67 bits per heavy atom. The molecular formula is C21H32N8O4. The first-order valence-electron chi connectivity index (χ1n) is 11.3. The number of hydrogen-bond donors (Lipinski definition) is 3. The van der Waals surface area contributed by atoms with Crippen LogP contribution in [-0.4, -0.2) is 88.3 Å². The van der Waals surface area contributed by atoms with Gasteiger partial charge in [-0.25, -0.2) is 9.36 Å². The lowest BCUT2D eigenvalue weighted by atomic mass is 9.85. The Hall–Kier alpha value is -2.86. The molecule has 0 aromatic carbocycles. The molecule has 4 unspecified atom stereocenters. The van der Waals surface area contributed by atoms with Crippen molar-refractivity contribution in [3.63, 3.8) is 0 Å². The molecule has 12 heteroatoms. The fraction of sp³-hybridized carbons (Fsp3) is 0.714. The van der Waals surface area contributed by atoms with Crippen LogP contribution >= 0.6 is 0 Å². The first-order chi connectivity index (χ1) is 15.6. The van der Waals surface area contributed by atoms with Crippen LogP contribution in [0.5, 0.6) is 0 Å². The second kappa shape index (κ2) is 9.18. The van der Waals surface area contributed by atoms with Crippen LogP contribution in [0.25, 0.3) is 0 Å². The number of nitrogens with zero attached hydrogens (tertiary/aromatic N) is 7. The summed E-state index contributed by atoms with van der Waals surface area (Å²) in [5.74, 6) is -0.289. The second-order valence-electron chi connectivity index (χ2n) is 10.1. The molecule has 180 valence electrons. The van der Waals surface area contributed by atoms with Crippen LogP contribution in [0, 0.1) is 5.41 Å². The Labute approximate surface area is 191 Å². The van der Waals surface area contributed by atoms with Crippen molar-refractivity contribution in [1.82, 2.24) is 40.2 Å². The van der Waals surface area contributed by atoms with Crippen LogP contribution < -0.4 is 5.32 Å². The van der Waals surface area contributed by atoms with Gasteiger partial charge < -0.3 is 20.4 Å². The first kappa shape index (κ1) is 23.3. The van der Waals surface area contributed by atoms with E-state index < -0.39 is 35.6 Å². The van der Waals surface area contributed by atoms with Crippen molar-refractivity contribution < 1.29 is 19.8 Å². The summed E-state index contributed by atoms with van der Waals surface area (Å²) in [7, 11) is 0. The average Bonchev–Trinajstić information content (AvgIpc) is 3.12. The highest BCUT2D eigenvalue weighted by Crippen LogP contribution is 2.40. The SMILES string of the molecule is CC(C)(C)C(C(=O)N1CC(O)CC1C(=O)NCC(O)Cn1ccnn1)n1cc(C2CC2)nn1. The number of likely N-dealkylation sites (tertiary alicyclic amines) is 1. The van der Waals surface area contributed by atoms with Crippen molar-refractivity contribution in [2.45, 2.75) is 76.8 Å². The number of aromatic nitrogens is 6. The molecule has 0 radical (unpaired) electrons. The van der Waals surface area contributed by atoms with Gasteiger partial charge in [0.05, 0.1) is 30.6 Å². The lowest BCUT2D eigenvalue weighted by Gasteiger charge is -2.34. The van der Waals surface area contributed by atoms with Crippen molar-refractivity contribution in [2.75, 3.05) is 13.1 Å². The van der Waals surface area contributed by atoms with Gasteiger partial charge in [0.2, 0.25) is 11.8 Å². The summed E-state index contributed by atoms with van der Waals surface area (Å²) in [6.45, 7) is 6.05. The molecule has 2 fully saturated rings. The molecule has 4 atom stereocenters. The fourth-order valence-corrected chi connectivity index (χ4v) is 4.27. The van der Waals surface area contributed by atoms with Gasteiger partial charge in [-0.2, -0.15) is 0 Å². The van der Waals surface area contributed by atoms with Crippen LogP contribution in [0.15, 0.2) is 18.6 Å². The van der Waals surface area contributed by atoms with Crippen LogP contribution in [0.3, 0.4) is 0 Å². The van der Waals surface area contributed by atoms with Crippen LogP contribution in [0.2, 0.25) is 0 Å². The minimum Gasteiger partial charge on any atom is -0.391 e. The molecule has 0 bridgehead atoms. The van der Waals surface area contributed by atoms with E-state index in [2.05, 4.69) is 25.9 Å². The highest BCUT2D eigenvalue weighted by molar-refractivity contribution is 5.90. The zero-order valence-corrected chi connectivity index (χ0v) is 19.2. The van der Waals surface area contributed by atoms with Gasteiger partial charge in [-0.15, -0.1) is 10.2 Å². The summed E-state index contributed by atoms with van der Waals surface area (Å²) < 4.78 is 3.06. The summed E-state index contributed by atoms with van der Waals surface area (Å²) in [5.41, 5.74) is 0.392. The third-order valence-corrected chi connectivity index (χ3v) is 6.09. The number of aliphatic hydroxyl groups excluding tert-OH is 2. The van der Waals surface area contributed by atoms with Crippen molar-refractivity contribution in [3.8, 4) is 0 Å². The average molecular weight is 461 g/mol. The van der Waals surface area contributed by atoms with Gasteiger partial charge in [0.1, 0.15) is 12.1 Å². The van der Waals surface area contributed by atoms with Crippen LogP contribution in [0.1, 0.15) is 57.7 Å². The van der Waals surface area contributed by atoms with Crippen molar-refractivity contribution in [2.24, 2.45) is 5.41 Å². The van der Waals surface area contributed by atoms with Crippen LogP contribution in [-0.2, 0) is 16.1 Å². The quantitative estimate of drug-likeness (QED) is 0.476. The maximum atomic E-state index is 13.7. The molecule has 4 rings (SSSR count). The number of hydrogen-bond acceptors (Lipinski definition) is 8. The minimum atomic E-state index is -0.871.